The second kappa shape index (κ2) is 29.5. The summed E-state index contributed by atoms with van der Waals surface area (Å²) in [7, 11) is 0. The summed E-state index contributed by atoms with van der Waals surface area (Å²) in [6, 6.07) is -11.1. The summed E-state index contributed by atoms with van der Waals surface area (Å²) in [6.45, 7) is 16.1. The number of alkyl carbamates (subject to hydrolysis) is 1. The van der Waals surface area contributed by atoms with Crippen molar-refractivity contribution in [1.29, 1.82) is 0 Å². The number of rotatable bonds is 29. The van der Waals surface area contributed by atoms with E-state index >= 15 is 0 Å². The fraction of sp³-hybridized carbons (Fsp3) is 0.738. The predicted octanol–water partition coefficient (Wildman–Crippen LogP) is -4.60. The van der Waals surface area contributed by atoms with Gasteiger partial charge in [-0.1, -0.05) is 48.0 Å². The number of ether oxygens (including phenoxy) is 1. The molecule has 0 rings (SSSR count). The lowest BCUT2D eigenvalue weighted by atomic mass is 9.96. The van der Waals surface area contributed by atoms with Gasteiger partial charge in [0.1, 0.15) is 47.9 Å². The van der Waals surface area contributed by atoms with E-state index in [1.54, 1.807) is 62.3 Å². The molecule has 0 aliphatic heterocycles. The number of aliphatic hydroxyl groups excluding tert-OH is 3. The second-order valence-electron chi connectivity index (χ2n) is 18.3. The molecule has 0 aliphatic rings. The van der Waals surface area contributed by atoms with Crippen molar-refractivity contribution in [2.75, 3.05) is 13.1 Å². The van der Waals surface area contributed by atoms with Gasteiger partial charge in [-0.25, -0.2) is 4.79 Å². The zero-order valence-electron chi connectivity index (χ0n) is 41.2. The van der Waals surface area contributed by atoms with E-state index in [9.17, 15) is 63.3 Å². The first-order valence-electron chi connectivity index (χ1n) is 22.4. The van der Waals surface area contributed by atoms with Crippen molar-refractivity contribution < 1.29 is 73.1 Å². The number of nitrogens with one attached hydrogen (secondary N) is 8. The molecule has 0 aromatic heterocycles. The van der Waals surface area contributed by atoms with Gasteiger partial charge in [-0.3, -0.25) is 48.1 Å². The van der Waals surface area contributed by atoms with Crippen LogP contribution in [0.15, 0.2) is 4.99 Å². The fourth-order valence-electron chi connectivity index (χ4n) is 6.06. The number of aliphatic hydroxyl groups is 3. The monoisotopic (exact) mass is 989 g/mol. The smallest absolute Gasteiger partial charge is 0.408 e. The summed E-state index contributed by atoms with van der Waals surface area (Å²) in [4.78, 5) is 134. The first-order valence-corrected chi connectivity index (χ1v) is 22.4. The number of carbonyl (C=O) groups is 10. The quantitative estimate of drug-likeness (QED) is 0.0190. The van der Waals surface area contributed by atoms with Crippen molar-refractivity contribution in [3.8, 4) is 0 Å². The Morgan fingerprint density at radius 1 is 0.638 bits per heavy atom. The topological polar surface area (TPSA) is 448 Å². The minimum absolute atomic E-state index is 0.0151. The Hall–Kier alpha value is -6.35. The van der Waals surface area contributed by atoms with E-state index < -0.39 is 144 Å². The minimum atomic E-state index is -2.33. The first-order chi connectivity index (χ1) is 31.7. The van der Waals surface area contributed by atoms with Gasteiger partial charge in [0.2, 0.25) is 47.3 Å². The summed E-state index contributed by atoms with van der Waals surface area (Å²) >= 11 is 0. The van der Waals surface area contributed by atoms with Crippen molar-refractivity contribution in [2.45, 2.75) is 168 Å². The van der Waals surface area contributed by atoms with E-state index in [2.05, 4.69) is 36.9 Å². The molecular weight excluding hydrogens is 913 g/mol. The molecule has 9 amide bonds. The summed E-state index contributed by atoms with van der Waals surface area (Å²) in [5.74, 6) is -11.9. The number of amides is 9. The Bertz CT molecular complexity index is 1820. The molecule has 18 N–H and O–H groups in total. The third-order valence-electron chi connectivity index (χ3n) is 10.1. The second-order valence-corrected chi connectivity index (χ2v) is 18.3. The molecule has 0 unspecified atom stereocenters. The molecule has 0 fully saturated rings. The molecule has 27 heteroatoms. The van der Waals surface area contributed by atoms with Gasteiger partial charge in [-0.15, -0.1) is 0 Å². The summed E-state index contributed by atoms with van der Waals surface area (Å²) in [5, 5.41) is 59.3. The minimum Gasteiger partial charge on any atom is -0.480 e. The number of guanidine groups is 1. The van der Waals surface area contributed by atoms with Crippen LogP contribution >= 0.6 is 0 Å². The van der Waals surface area contributed by atoms with Gasteiger partial charge in [0.25, 0.3) is 0 Å². The Balaban J connectivity index is 6.56. The Morgan fingerprint density at radius 2 is 1.16 bits per heavy atom. The van der Waals surface area contributed by atoms with Gasteiger partial charge in [0.05, 0.1) is 18.8 Å². The van der Waals surface area contributed by atoms with Crippen molar-refractivity contribution in [3.05, 3.63) is 0 Å². The molecule has 11 atom stereocenters. The van der Waals surface area contributed by atoms with Crippen LogP contribution in [0.3, 0.4) is 0 Å². The molecule has 27 nitrogen and oxygen atoms in total. The zero-order valence-corrected chi connectivity index (χ0v) is 41.2. The first kappa shape index (κ1) is 62.6. The van der Waals surface area contributed by atoms with Gasteiger partial charge >= 0.3 is 12.1 Å². The van der Waals surface area contributed by atoms with Crippen molar-refractivity contribution in [1.82, 2.24) is 42.5 Å². The number of primary amides is 1. The van der Waals surface area contributed by atoms with E-state index in [1.807, 2.05) is 10.6 Å². The van der Waals surface area contributed by atoms with Gasteiger partial charge in [-0.2, -0.15) is 0 Å². The third-order valence-corrected chi connectivity index (χ3v) is 10.1. The Morgan fingerprint density at radius 3 is 1.64 bits per heavy atom. The highest BCUT2D eigenvalue weighted by molar-refractivity contribution is 5.98. The maximum Gasteiger partial charge on any atom is 0.408 e. The van der Waals surface area contributed by atoms with Crippen LogP contribution in [0.25, 0.3) is 0 Å². The maximum absolute atomic E-state index is 14.1. The van der Waals surface area contributed by atoms with Crippen LogP contribution < -0.4 is 59.7 Å². The highest BCUT2D eigenvalue weighted by Crippen LogP contribution is 2.14. The largest absolute Gasteiger partial charge is 0.480 e. The van der Waals surface area contributed by atoms with Crippen LogP contribution in [0.1, 0.15) is 102 Å². The molecule has 0 heterocycles. The maximum atomic E-state index is 14.1. The molecule has 0 aromatic rings. The Labute approximate surface area is 401 Å². The van der Waals surface area contributed by atoms with Crippen LogP contribution in [0.2, 0.25) is 0 Å². The number of aliphatic imine (C=N–C) groups is 1. The molecule has 69 heavy (non-hydrogen) atoms. The number of carboxylic acids is 1. The van der Waals surface area contributed by atoms with Crippen LogP contribution in [0, 0.1) is 17.8 Å². The number of hydrogen-bond donors (Lipinski definition) is 15. The van der Waals surface area contributed by atoms with E-state index in [0.717, 1.165) is 13.8 Å². The molecule has 0 radical (unpaired) electrons. The highest BCUT2D eigenvalue weighted by atomic mass is 16.6. The average Bonchev–Trinajstić information content (AvgIpc) is 3.23. The molecule has 0 aliphatic carbocycles. The fourth-order valence-corrected chi connectivity index (χ4v) is 6.06. The van der Waals surface area contributed by atoms with Gasteiger partial charge in [-0.05, 0) is 71.6 Å². The molecule has 0 spiro atoms. The van der Waals surface area contributed by atoms with E-state index in [-0.39, 0.29) is 44.1 Å². The summed E-state index contributed by atoms with van der Waals surface area (Å²) in [5.41, 5.74) is 15.0. The van der Waals surface area contributed by atoms with E-state index in [1.165, 1.54) is 0 Å². The predicted molar refractivity (Wildman–Crippen MR) is 248 cm³/mol. The summed E-state index contributed by atoms with van der Waals surface area (Å²) in [6.07, 6.45) is -6.08. The van der Waals surface area contributed by atoms with Gasteiger partial charge in [0, 0.05) is 6.54 Å². The number of nitrogens with zero attached hydrogens (tertiary/aromatic N) is 1. The highest BCUT2D eigenvalue weighted by Gasteiger charge is 2.38. The molecule has 394 valence electrons. The van der Waals surface area contributed by atoms with Crippen molar-refractivity contribution >= 4 is 65.3 Å². The molecule has 0 saturated carbocycles. The lowest BCUT2D eigenvalue weighted by Gasteiger charge is -2.31. The summed E-state index contributed by atoms with van der Waals surface area (Å²) < 4.78 is 5.28. The molecule has 0 bridgehead atoms. The Kier molecular flexibility index (Phi) is 26.8. The molecule has 0 saturated heterocycles. The number of carbonyl (C=O) groups excluding carboxylic acids is 9. The third kappa shape index (κ3) is 23.5. The van der Waals surface area contributed by atoms with E-state index in [4.69, 9.17) is 27.0 Å². The number of aliphatic carboxylic acids is 1. The number of nitrogens with two attached hydrogens (primary N) is 3. The van der Waals surface area contributed by atoms with Crippen LogP contribution in [-0.4, -0.2) is 165 Å². The van der Waals surface area contributed by atoms with Crippen LogP contribution in [0.5, 0.6) is 0 Å². The van der Waals surface area contributed by atoms with E-state index in [0.29, 0.717) is 0 Å². The SMILES string of the molecule is CC[C@H](C)[C@H](NC(=O)[C@@H](CCCN=C(N)N)NC(=O)[C@H](CC(C)C)NC(=O)[C@@H](NC(=O)OC(C)(C)C)[C@H](O)C(C)C)C(=O)N[C@H](C(=O)NCC(=O)N[C@H](C(=O)N[C@@H](C)C(=O)O)[C@H](O)C(N)=O)[C@H](C)O. The number of carboxylic acid groups (broad SMARTS) is 1. The normalized spacial score (nSPS) is 16.2. The average molecular weight is 989 g/mol. The lowest BCUT2D eigenvalue weighted by Crippen LogP contribution is -2.62. The van der Waals surface area contributed by atoms with Crippen LogP contribution in [-0.2, 0) is 47.9 Å². The van der Waals surface area contributed by atoms with Gasteiger partial charge < -0.3 is 84.9 Å². The lowest BCUT2D eigenvalue weighted by molar-refractivity contribution is -0.143. The standard InChI is InChI=1S/C42H76N12O15/c1-12-20(6)26(36(63)53-27(22(8)55)35(62)47-17-25(56)51-29(31(58)32(43)59)37(64)48-21(7)39(66)67)52-33(60)23(14-13-15-46-40(44)45)49-34(61)24(16-18(2)3)50-38(65)28(30(57)19(4)5)54-41(68)69-42(9,10)11/h18-24,26-31,55,57-58H,12-17H2,1-11H3,(H2,43,59)(H,47,62)(H,48,64)(H,49,61)(H,50,65)(H,51,56)(H,52,60)(H,53,63)(H,54,68)(H,66,67)(H4,44,45,46)/t20-,21-,22-,23+,24-,26-,27-,28-,29-,30+,31-/m0/s1. The number of hydrogen-bond acceptors (Lipinski definition) is 15. The zero-order chi connectivity index (χ0) is 53.7. The molecule has 0 aromatic carbocycles. The van der Waals surface area contributed by atoms with Crippen molar-refractivity contribution in [2.24, 2.45) is 39.9 Å². The van der Waals surface area contributed by atoms with Gasteiger partial charge in [0.15, 0.2) is 12.1 Å². The molecular formula is C42H76N12O15. The van der Waals surface area contributed by atoms with Crippen molar-refractivity contribution in [3.63, 3.8) is 0 Å². The van der Waals surface area contributed by atoms with Crippen LogP contribution in [0.4, 0.5) is 4.79 Å².